The number of nitrogens with two attached hydrogens (primary N) is 1. The zero-order valence-corrected chi connectivity index (χ0v) is 30.0. The molecule has 2 heterocycles. The SMILES string of the molecule is COc1c(C)cc(C2=NO[C@]3(C2)C[C@@H](C(=O)N[C@H](CC2CC2)C(=O)C(N)=O)N(C(=O)[C@@H](NC(=O)CC2CCCCC2)C(C)(C)C)C3)cc1Cl. The van der Waals surface area contributed by atoms with Gasteiger partial charge in [-0.05, 0) is 61.1 Å². The van der Waals surface area contributed by atoms with E-state index in [0.717, 1.165) is 49.7 Å². The van der Waals surface area contributed by atoms with Gasteiger partial charge in [-0.15, -0.1) is 0 Å². The Hall–Kier alpha value is -3.67. The largest absolute Gasteiger partial charge is 0.495 e. The van der Waals surface area contributed by atoms with Crippen LogP contribution < -0.4 is 21.1 Å². The second-order valence-corrected chi connectivity index (χ2v) is 15.9. The van der Waals surface area contributed by atoms with Crippen molar-refractivity contribution in [1.29, 1.82) is 0 Å². The topological polar surface area (TPSA) is 169 Å². The normalized spacial score (nSPS) is 23.8. The molecule has 5 rings (SSSR count). The number of nitrogens with zero attached hydrogens (tertiary/aromatic N) is 2. The highest BCUT2D eigenvalue weighted by Crippen LogP contribution is 2.41. The summed E-state index contributed by atoms with van der Waals surface area (Å²) < 4.78 is 5.40. The second-order valence-electron chi connectivity index (χ2n) is 15.5. The van der Waals surface area contributed by atoms with Gasteiger partial charge in [0.1, 0.15) is 17.8 Å². The monoisotopic (exact) mass is 699 g/mol. The first kappa shape index (κ1) is 36.6. The van der Waals surface area contributed by atoms with Crippen LogP contribution in [0.2, 0.25) is 5.02 Å². The van der Waals surface area contributed by atoms with Gasteiger partial charge in [0.2, 0.25) is 23.5 Å². The lowest BCUT2D eigenvalue weighted by atomic mass is 9.84. The van der Waals surface area contributed by atoms with Crippen molar-refractivity contribution in [2.45, 2.75) is 122 Å². The van der Waals surface area contributed by atoms with Gasteiger partial charge in [0, 0.05) is 24.8 Å². The Balaban J connectivity index is 1.41. The number of carbonyl (C=O) groups excluding carboxylic acids is 5. The standard InChI is InChI=1S/C36H50ClN5O7/c1-20-13-23(16-24(37)30(20)48-5)26-17-36(49-41-26)18-27(33(46)39-25(14-22-11-12-22)29(44)32(38)45)42(19-36)34(47)31(35(2,3)4)40-28(43)15-21-9-7-6-8-10-21/h13,16,21-22,25,27,31H,6-12,14-15,17-19H2,1-5H3,(H2,38,45)(H,39,46)(H,40,43)/t25-,27+,31-,36-/m1/s1. The van der Waals surface area contributed by atoms with Crippen LogP contribution in [0, 0.1) is 24.2 Å². The van der Waals surface area contributed by atoms with Crippen molar-refractivity contribution in [3.05, 3.63) is 28.3 Å². The quantitative estimate of drug-likeness (QED) is 0.277. The first-order valence-corrected chi connectivity index (χ1v) is 17.8. The van der Waals surface area contributed by atoms with Gasteiger partial charge < -0.3 is 30.8 Å². The minimum Gasteiger partial charge on any atom is -0.495 e. The van der Waals surface area contributed by atoms with Crippen LogP contribution in [0.5, 0.6) is 5.75 Å². The third-order valence-corrected chi connectivity index (χ3v) is 10.6. The molecule has 0 unspecified atom stereocenters. The van der Waals surface area contributed by atoms with E-state index in [1.54, 1.807) is 13.2 Å². The van der Waals surface area contributed by atoms with Gasteiger partial charge in [0.05, 0.1) is 30.4 Å². The van der Waals surface area contributed by atoms with Crippen LogP contribution in [-0.4, -0.2) is 77.4 Å². The smallest absolute Gasteiger partial charge is 0.287 e. The average Bonchev–Trinajstić information content (AvgIpc) is 3.64. The molecular weight excluding hydrogens is 650 g/mol. The number of halogens is 1. The summed E-state index contributed by atoms with van der Waals surface area (Å²) in [6, 6.07) is 0.537. The van der Waals surface area contributed by atoms with Crippen molar-refractivity contribution >= 4 is 46.7 Å². The molecule has 12 nitrogen and oxygen atoms in total. The Morgan fingerprint density at radius 1 is 1.08 bits per heavy atom. The van der Waals surface area contributed by atoms with Crippen LogP contribution in [0.15, 0.2) is 17.3 Å². The number of nitrogens with one attached hydrogen (secondary N) is 2. The predicted molar refractivity (Wildman–Crippen MR) is 184 cm³/mol. The molecule has 0 bridgehead atoms. The average molecular weight is 700 g/mol. The van der Waals surface area contributed by atoms with Crippen LogP contribution in [0.3, 0.4) is 0 Å². The van der Waals surface area contributed by atoms with Gasteiger partial charge in [0.15, 0.2) is 5.60 Å². The van der Waals surface area contributed by atoms with Gasteiger partial charge >= 0.3 is 0 Å². The fourth-order valence-corrected chi connectivity index (χ4v) is 7.83. The number of ether oxygens (including phenoxy) is 1. The molecule has 1 saturated heterocycles. The molecule has 0 aromatic heterocycles. The van der Waals surface area contributed by atoms with Crippen molar-refractivity contribution in [3.8, 4) is 5.75 Å². The number of Topliss-reactive ketones (excluding diaryl/α,β-unsaturated/α-hetero) is 1. The molecule has 2 saturated carbocycles. The Labute approximate surface area is 293 Å². The minimum atomic E-state index is -1.12. The lowest BCUT2D eigenvalue weighted by molar-refractivity contribution is -0.145. The maximum atomic E-state index is 14.6. The zero-order valence-electron chi connectivity index (χ0n) is 29.2. The van der Waals surface area contributed by atoms with Gasteiger partial charge in [-0.1, -0.05) is 69.6 Å². The lowest BCUT2D eigenvalue weighted by Crippen LogP contribution is -2.59. The number of oxime groups is 1. The summed E-state index contributed by atoms with van der Waals surface area (Å²) in [5.74, 6) is -2.17. The molecule has 4 N–H and O–H groups in total. The summed E-state index contributed by atoms with van der Waals surface area (Å²) in [7, 11) is 1.55. The molecule has 1 aromatic carbocycles. The molecule has 0 radical (unpaired) electrons. The highest BCUT2D eigenvalue weighted by molar-refractivity contribution is 6.38. The van der Waals surface area contributed by atoms with Crippen molar-refractivity contribution in [2.75, 3.05) is 13.7 Å². The van der Waals surface area contributed by atoms with E-state index in [0.29, 0.717) is 29.3 Å². The number of aryl methyl sites for hydroxylation is 1. The fourth-order valence-electron chi connectivity index (χ4n) is 7.49. The van der Waals surface area contributed by atoms with Gasteiger partial charge in [-0.2, -0.15) is 0 Å². The van der Waals surface area contributed by atoms with Crippen LogP contribution in [0.1, 0.15) is 103 Å². The number of methoxy groups -OCH3 is 1. The van der Waals surface area contributed by atoms with E-state index in [-0.39, 0.29) is 37.1 Å². The number of hydrogen-bond donors (Lipinski definition) is 3. The number of carbonyl (C=O) groups is 5. The molecule has 2 aliphatic heterocycles. The Morgan fingerprint density at radius 2 is 1.78 bits per heavy atom. The number of benzene rings is 1. The molecule has 268 valence electrons. The molecule has 49 heavy (non-hydrogen) atoms. The molecular formula is C36H50ClN5O7. The van der Waals surface area contributed by atoms with E-state index in [2.05, 4.69) is 15.8 Å². The zero-order chi connectivity index (χ0) is 35.7. The third kappa shape index (κ3) is 8.56. The molecule has 3 fully saturated rings. The molecule has 4 amide bonds. The van der Waals surface area contributed by atoms with Crippen molar-refractivity contribution in [1.82, 2.24) is 15.5 Å². The first-order valence-electron chi connectivity index (χ1n) is 17.4. The van der Waals surface area contributed by atoms with E-state index in [4.69, 9.17) is 26.9 Å². The molecule has 1 aromatic rings. The van der Waals surface area contributed by atoms with E-state index >= 15 is 0 Å². The third-order valence-electron chi connectivity index (χ3n) is 10.4. The molecule has 1 spiro atoms. The summed E-state index contributed by atoms with van der Waals surface area (Å²) in [5, 5.41) is 10.6. The van der Waals surface area contributed by atoms with Gasteiger partial charge in [0.25, 0.3) is 5.91 Å². The maximum absolute atomic E-state index is 14.6. The number of amides is 4. The van der Waals surface area contributed by atoms with Gasteiger partial charge in [-0.25, -0.2) is 0 Å². The van der Waals surface area contributed by atoms with Gasteiger partial charge in [-0.3, -0.25) is 24.0 Å². The number of rotatable bonds is 12. The molecule has 2 aliphatic carbocycles. The van der Waals surface area contributed by atoms with Crippen LogP contribution in [0.25, 0.3) is 0 Å². The number of primary amides is 1. The van der Waals surface area contributed by atoms with Crippen molar-refractivity contribution in [2.24, 2.45) is 28.1 Å². The van der Waals surface area contributed by atoms with E-state index in [1.807, 2.05) is 33.8 Å². The van der Waals surface area contributed by atoms with Crippen LogP contribution in [-0.2, 0) is 28.8 Å². The maximum Gasteiger partial charge on any atom is 0.287 e. The number of likely N-dealkylation sites (tertiary alicyclic amines) is 1. The van der Waals surface area contributed by atoms with Crippen molar-refractivity contribution < 1.29 is 33.5 Å². The Kier molecular flexibility index (Phi) is 11.0. The summed E-state index contributed by atoms with van der Waals surface area (Å²) in [6.45, 7) is 7.51. The summed E-state index contributed by atoms with van der Waals surface area (Å²) in [4.78, 5) is 74.2. The number of hydrogen-bond acceptors (Lipinski definition) is 8. The summed E-state index contributed by atoms with van der Waals surface area (Å²) >= 11 is 6.49. The van der Waals surface area contributed by atoms with Crippen LogP contribution >= 0.6 is 11.6 Å². The fraction of sp³-hybridized carbons (Fsp3) is 0.667. The van der Waals surface area contributed by atoms with Crippen LogP contribution in [0.4, 0.5) is 0 Å². The van der Waals surface area contributed by atoms with E-state index in [1.165, 1.54) is 11.3 Å². The highest BCUT2D eigenvalue weighted by atomic mass is 35.5. The minimum absolute atomic E-state index is 0.0158. The highest BCUT2D eigenvalue weighted by Gasteiger charge is 2.56. The lowest BCUT2D eigenvalue weighted by Gasteiger charge is -2.36. The Morgan fingerprint density at radius 3 is 2.37 bits per heavy atom. The molecule has 4 atom stereocenters. The Bertz CT molecular complexity index is 1490. The molecule has 4 aliphatic rings. The summed E-state index contributed by atoms with van der Waals surface area (Å²) in [6.07, 6.45) is 8.13. The molecule has 13 heteroatoms. The first-order chi connectivity index (χ1) is 23.1. The summed E-state index contributed by atoms with van der Waals surface area (Å²) in [5.41, 5.74) is 5.74. The van der Waals surface area contributed by atoms with E-state index in [9.17, 15) is 24.0 Å². The number of ketones is 1. The van der Waals surface area contributed by atoms with E-state index < -0.39 is 52.6 Å². The second kappa shape index (κ2) is 14.7. The van der Waals surface area contributed by atoms with Crippen molar-refractivity contribution in [3.63, 3.8) is 0 Å². The predicted octanol–water partition coefficient (Wildman–Crippen LogP) is 3.96.